The molecule has 0 spiro atoms. The van der Waals surface area contributed by atoms with E-state index in [0.29, 0.717) is 17.3 Å². The van der Waals surface area contributed by atoms with E-state index in [2.05, 4.69) is 30.3 Å². The summed E-state index contributed by atoms with van der Waals surface area (Å²) in [4.78, 5) is 13.6. The van der Waals surface area contributed by atoms with Crippen molar-refractivity contribution in [3.05, 3.63) is 69.7 Å². The van der Waals surface area contributed by atoms with Gasteiger partial charge in [-0.25, -0.2) is 9.36 Å². The lowest BCUT2D eigenvalue weighted by molar-refractivity contribution is -0.928. The quantitative estimate of drug-likeness (QED) is 0.780. The largest absolute Gasteiger partial charge is 0.424 e. The van der Waals surface area contributed by atoms with Gasteiger partial charge >= 0.3 is 5.76 Å². The van der Waals surface area contributed by atoms with Gasteiger partial charge in [-0.3, -0.25) is 0 Å². The minimum atomic E-state index is -0.295. The van der Waals surface area contributed by atoms with E-state index in [9.17, 15) is 4.79 Å². The number of fused-ring (bicyclic) bond motifs is 1. The lowest BCUT2D eigenvalue weighted by Crippen LogP contribution is -3.12. The van der Waals surface area contributed by atoms with Gasteiger partial charge in [0.05, 0.1) is 18.6 Å². The van der Waals surface area contributed by atoms with Gasteiger partial charge in [-0.05, 0) is 48.9 Å². The molecule has 0 unspecified atom stereocenters. The summed E-state index contributed by atoms with van der Waals surface area (Å²) in [5.74, 6) is 0.439. The van der Waals surface area contributed by atoms with Gasteiger partial charge < -0.3 is 9.32 Å². The number of aromatic nitrogens is 1. The van der Waals surface area contributed by atoms with Gasteiger partial charge in [0.15, 0.2) is 12.3 Å². The minimum absolute atomic E-state index is 0.295. The van der Waals surface area contributed by atoms with Gasteiger partial charge in [0.25, 0.3) is 0 Å². The predicted molar refractivity (Wildman–Crippen MR) is 99.1 cm³/mol. The second-order valence-electron chi connectivity index (χ2n) is 6.95. The molecule has 25 heavy (non-hydrogen) atoms. The van der Waals surface area contributed by atoms with Crippen LogP contribution in [-0.4, -0.2) is 17.7 Å². The van der Waals surface area contributed by atoms with E-state index in [1.807, 2.05) is 6.07 Å². The summed E-state index contributed by atoms with van der Waals surface area (Å²) in [5.41, 5.74) is 2.81. The average Bonchev–Trinajstić information content (AvgIpc) is 2.93. The molecule has 1 fully saturated rings. The summed E-state index contributed by atoms with van der Waals surface area (Å²) >= 11 is 6.07. The van der Waals surface area contributed by atoms with E-state index >= 15 is 0 Å². The molecule has 1 N–H and O–H groups in total. The average molecular weight is 358 g/mol. The number of likely N-dealkylation sites (tertiary alicyclic amines) is 1. The van der Waals surface area contributed by atoms with Gasteiger partial charge in [-0.2, -0.15) is 0 Å². The van der Waals surface area contributed by atoms with Crippen molar-refractivity contribution in [2.24, 2.45) is 5.92 Å². The number of nitrogens with one attached hydrogen (secondary N) is 1. The highest BCUT2D eigenvalue weighted by Gasteiger charge is 2.24. The number of quaternary nitrogens is 1. The van der Waals surface area contributed by atoms with Gasteiger partial charge in [-0.15, -0.1) is 0 Å². The van der Waals surface area contributed by atoms with Crippen molar-refractivity contribution in [3.8, 4) is 0 Å². The Morgan fingerprint density at radius 3 is 2.64 bits per heavy atom. The highest BCUT2D eigenvalue weighted by atomic mass is 35.5. The fourth-order valence-corrected chi connectivity index (χ4v) is 3.97. The zero-order valence-electron chi connectivity index (χ0n) is 14.1. The van der Waals surface area contributed by atoms with E-state index in [0.717, 1.165) is 30.9 Å². The Kier molecular flexibility index (Phi) is 4.64. The van der Waals surface area contributed by atoms with Crippen molar-refractivity contribution in [2.45, 2.75) is 25.9 Å². The van der Waals surface area contributed by atoms with E-state index < -0.39 is 0 Å². The first kappa shape index (κ1) is 16.4. The molecule has 1 saturated heterocycles. The lowest BCUT2D eigenvalue weighted by atomic mass is 9.90. The molecule has 0 bridgehead atoms. The zero-order valence-corrected chi connectivity index (χ0v) is 14.8. The molecule has 0 aliphatic carbocycles. The zero-order chi connectivity index (χ0) is 17.2. The smallest absolute Gasteiger partial charge is 0.408 e. The number of piperidine rings is 1. The minimum Gasteiger partial charge on any atom is -0.408 e. The topological polar surface area (TPSA) is 39.6 Å². The number of hydrogen-bond donors (Lipinski definition) is 1. The number of benzene rings is 2. The second-order valence-corrected chi connectivity index (χ2v) is 7.39. The van der Waals surface area contributed by atoms with Crippen LogP contribution in [0.1, 0.15) is 18.4 Å². The van der Waals surface area contributed by atoms with Gasteiger partial charge in [0.1, 0.15) is 0 Å². The third kappa shape index (κ3) is 3.65. The number of hydrogen-bond acceptors (Lipinski definition) is 2. The van der Waals surface area contributed by atoms with Crippen LogP contribution in [0.25, 0.3) is 11.1 Å². The number of nitrogens with zero attached hydrogens (tertiary/aromatic N) is 1. The molecule has 2 heterocycles. The van der Waals surface area contributed by atoms with Crippen molar-refractivity contribution >= 4 is 22.7 Å². The Hall–Kier alpha value is -2.04. The highest BCUT2D eigenvalue weighted by molar-refractivity contribution is 6.31. The summed E-state index contributed by atoms with van der Waals surface area (Å²) in [6.07, 6.45) is 3.53. The van der Waals surface area contributed by atoms with Crippen molar-refractivity contribution in [2.75, 3.05) is 13.1 Å². The summed E-state index contributed by atoms with van der Waals surface area (Å²) in [7, 11) is 0. The van der Waals surface area contributed by atoms with Gasteiger partial charge in [-0.1, -0.05) is 41.9 Å². The predicted octanol–water partition coefficient (Wildman–Crippen LogP) is 2.74. The summed E-state index contributed by atoms with van der Waals surface area (Å²) in [6.45, 7) is 2.80. The molecule has 3 aromatic rings. The monoisotopic (exact) mass is 357 g/mol. The highest BCUT2D eigenvalue weighted by Crippen LogP contribution is 2.19. The third-order valence-corrected chi connectivity index (χ3v) is 5.43. The molecule has 1 aliphatic heterocycles. The molecule has 1 aliphatic rings. The van der Waals surface area contributed by atoms with Crippen LogP contribution in [0.5, 0.6) is 0 Å². The van der Waals surface area contributed by atoms with Gasteiger partial charge in [0.2, 0.25) is 0 Å². The molecule has 4 nitrogen and oxygen atoms in total. The summed E-state index contributed by atoms with van der Waals surface area (Å²) < 4.78 is 7.05. The maximum atomic E-state index is 12.2. The molecular weight excluding hydrogens is 336 g/mol. The van der Waals surface area contributed by atoms with Crippen LogP contribution in [-0.2, 0) is 13.1 Å². The number of halogens is 1. The van der Waals surface area contributed by atoms with Crippen molar-refractivity contribution in [3.63, 3.8) is 0 Å². The molecule has 5 heteroatoms. The van der Waals surface area contributed by atoms with Crippen molar-refractivity contribution in [1.29, 1.82) is 0 Å². The van der Waals surface area contributed by atoms with Crippen LogP contribution in [0.3, 0.4) is 0 Å². The summed E-state index contributed by atoms with van der Waals surface area (Å²) in [5, 5.41) is 0.624. The van der Waals surface area contributed by atoms with Crippen LogP contribution in [0.4, 0.5) is 0 Å². The molecule has 2 aromatic carbocycles. The van der Waals surface area contributed by atoms with E-state index in [1.165, 1.54) is 23.3 Å². The molecule has 1 aromatic heterocycles. The molecule has 0 amide bonds. The number of oxazole rings is 1. The standard InChI is InChI=1S/C20H21ClN2O2/c21-17-6-7-19-18(13-17)23(20(24)25-19)14-22-10-8-16(9-11-22)12-15-4-2-1-3-5-15/h1-7,13,16H,8-12,14H2/p+1. The first-order valence-corrected chi connectivity index (χ1v) is 9.23. The maximum Gasteiger partial charge on any atom is 0.424 e. The van der Waals surface area contributed by atoms with E-state index in [-0.39, 0.29) is 5.76 Å². The lowest BCUT2D eigenvalue weighted by Gasteiger charge is -2.29. The molecule has 130 valence electrons. The fourth-order valence-electron chi connectivity index (χ4n) is 3.80. The Morgan fingerprint density at radius 1 is 1.12 bits per heavy atom. The van der Waals surface area contributed by atoms with Crippen LogP contribution in [0, 0.1) is 5.92 Å². The molecule has 0 saturated carbocycles. The second kappa shape index (κ2) is 7.06. The molecular formula is C20H22ClN2O2+. The Balaban J connectivity index is 1.41. The molecule has 0 radical (unpaired) electrons. The van der Waals surface area contributed by atoms with Crippen LogP contribution >= 0.6 is 11.6 Å². The normalized spacial score (nSPS) is 20.8. The van der Waals surface area contributed by atoms with Crippen LogP contribution in [0.15, 0.2) is 57.7 Å². The maximum absolute atomic E-state index is 12.2. The van der Waals surface area contributed by atoms with Crippen molar-refractivity contribution < 1.29 is 9.32 Å². The van der Waals surface area contributed by atoms with E-state index in [1.54, 1.807) is 16.7 Å². The van der Waals surface area contributed by atoms with Crippen LogP contribution in [0.2, 0.25) is 5.02 Å². The van der Waals surface area contributed by atoms with E-state index in [4.69, 9.17) is 16.0 Å². The molecule has 4 rings (SSSR count). The number of rotatable bonds is 4. The summed E-state index contributed by atoms with van der Waals surface area (Å²) in [6, 6.07) is 16.0. The molecule has 0 atom stereocenters. The first-order valence-electron chi connectivity index (χ1n) is 8.85. The van der Waals surface area contributed by atoms with Crippen LogP contribution < -0.4 is 10.7 Å². The fraction of sp³-hybridized carbons (Fsp3) is 0.350. The first-order chi connectivity index (χ1) is 12.2. The SMILES string of the molecule is O=c1oc2ccc(Cl)cc2n1C[NH+]1CCC(Cc2ccccc2)CC1. The van der Waals surface area contributed by atoms with Crippen molar-refractivity contribution in [1.82, 2.24) is 4.57 Å². The third-order valence-electron chi connectivity index (χ3n) is 5.19. The van der Waals surface area contributed by atoms with Gasteiger partial charge in [0, 0.05) is 5.02 Å². The Labute approximate surface area is 151 Å². The Bertz CT molecular complexity index is 908. The Morgan fingerprint density at radius 2 is 1.88 bits per heavy atom.